The summed E-state index contributed by atoms with van der Waals surface area (Å²) in [5.74, 6) is 0.768. The van der Waals surface area contributed by atoms with Gasteiger partial charge in [-0.05, 0) is 40.5 Å². The number of amides is 1. The molecule has 0 fully saturated rings. The van der Waals surface area contributed by atoms with Crippen molar-refractivity contribution in [2.24, 2.45) is 0 Å². The Morgan fingerprint density at radius 3 is 2.83 bits per heavy atom. The van der Waals surface area contributed by atoms with Crippen molar-refractivity contribution in [2.75, 3.05) is 0 Å². The second kappa shape index (κ2) is 5.30. The van der Waals surface area contributed by atoms with Crippen LogP contribution in [0.5, 0.6) is 0 Å². The van der Waals surface area contributed by atoms with Crippen molar-refractivity contribution in [3.05, 3.63) is 45.5 Å². The van der Waals surface area contributed by atoms with Gasteiger partial charge < -0.3 is 9.84 Å². The zero-order valence-corrected chi connectivity index (χ0v) is 11.6. The number of carbonyl (C=O) groups excluding carboxylic acids is 1. The molecule has 1 aromatic heterocycles. The SMILES string of the molecule is Cc1ccc(C(=O)NCc2noc(C)n2)c(Br)c1. The first-order valence-electron chi connectivity index (χ1n) is 5.40. The van der Waals surface area contributed by atoms with E-state index < -0.39 is 0 Å². The topological polar surface area (TPSA) is 68.0 Å². The highest BCUT2D eigenvalue weighted by atomic mass is 79.9. The summed E-state index contributed by atoms with van der Waals surface area (Å²) in [6.45, 7) is 3.92. The average Bonchev–Trinajstić information content (AvgIpc) is 2.72. The van der Waals surface area contributed by atoms with Gasteiger partial charge in [0.25, 0.3) is 5.91 Å². The number of carbonyl (C=O) groups is 1. The highest BCUT2D eigenvalue weighted by Crippen LogP contribution is 2.18. The van der Waals surface area contributed by atoms with E-state index in [1.807, 2.05) is 19.1 Å². The number of benzene rings is 1. The van der Waals surface area contributed by atoms with Crippen molar-refractivity contribution >= 4 is 21.8 Å². The first-order valence-corrected chi connectivity index (χ1v) is 6.19. The Morgan fingerprint density at radius 1 is 1.44 bits per heavy atom. The zero-order valence-electron chi connectivity index (χ0n) is 10.0. The maximum absolute atomic E-state index is 11.9. The summed E-state index contributed by atoms with van der Waals surface area (Å²) < 4.78 is 5.59. The van der Waals surface area contributed by atoms with Gasteiger partial charge in [0, 0.05) is 11.4 Å². The molecule has 0 saturated carbocycles. The number of rotatable bonds is 3. The van der Waals surface area contributed by atoms with Crippen LogP contribution in [0, 0.1) is 13.8 Å². The van der Waals surface area contributed by atoms with Gasteiger partial charge in [-0.2, -0.15) is 4.98 Å². The van der Waals surface area contributed by atoms with Crippen molar-refractivity contribution in [2.45, 2.75) is 20.4 Å². The minimum absolute atomic E-state index is 0.177. The van der Waals surface area contributed by atoms with Crippen LogP contribution in [0.1, 0.15) is 27.6 Å². The maximum atomic E-state index is 11.9. The molecule has 94 valence electrons. The van der Waals surface area contributed by atoms with Gasteiger partial charge in [-0.1, -0.05) is 11.2 Å². The molecule has 0 atom stereocenters. The van der Waals surface area contributed by atoms with E-state index in [1.54, 1.807) is 13.0 Å². The number of hydrogen-bond acceptors (Lipinski definition) is 4. The lowest BCUT2D eigenvalue weighted by Crippen LogP contribution is -2.23. The monoisotopic (exact) mass is 309 g/mol. The molecule has 18 heavy (non-hydrogen) atoms. The van der Waals surface area contributed by atoms with Crippen molar-refractivity contribution in [1.29, 1.82) is 0 Å². The standard InChI is InChI=1S/C12H12BrN3O2/c1-7-3-4-9(10(13)5-7)12(17)14-6-11-15-8(2)18-16-11/h3-5H,6H2,1-2H3,(H,14,17). The minimum Gasteiger partial charge on any atom is -0.345 e. The quantitative estimate of drug-likeness (QED) is 0.945. The van der Waals surface area contributed by atoms with Crippen molar-refractivity contribution in [3.63, 3.8) is 0 Å². The second-order valence-electron chi connectivity index (χ2n) is 3.90. The third-order valence-corrected chi connectivity index (χ3v) is 3.00. The van der Waals surface area contributed by atoms with Crippen LogP contribution < -0.4 is 5.32 Å². The van der Waals surface area contributed by atoms with Gasteiger partial charge in [-0.15, -0.1) is 0 Å². The minimum atomic E-state index is -0.177. The fraction of sp³-hybridized carbons (Fsp3) is 0.250. The number of aryl methyl sites for hydroxylation is 2. The Labute approximate surface area is 113 Å². The van der Waals surface area contributed by atoms with Gasteiger partial charge >= 0.3 is 0 Å². The van der Waals surface area contributed by atoms with E-state index in [-0.39, 0.29) is 12.5 Å². The molecule has 6 heteroatoms. The molecule has 1 aromatic carbocycles. The van der Waals surface area contributed by atoms with Crippen LogP contribution in [0.25, 0.3) is 0 Å². The lowest BCUT2D eigenvalue weighted by atomic mass is 10.1. The van der Waals surface area contributed by atoms with E-state index in [4.69, 9.17) is 4.52 Å². The maximum Gasteiger partial charge on any atom is 0.252 e. The number of hydrogen-bond donors (Lipinski definition) is 1. The van der Waals surface area contributed by atoms with E-state index in [9.17, 15) is 4.79 Å². The normalized spacial score (nSPS) is 10.4. The van der Waals surface area contributed by atoms with Crippen LogP contribution in [0.4, 0.5) is 0 Å². The molecule has 2 aromatic rings. The van der Waals surface area contributed by atoms with E-state index in [1.165, 1.54) is 0 Å². The Hall–Kier alpha value is -1.69. The predicted octanol–water partition coefficient (Wildman–Crippen LogP) is 2.38. The zero-order chi connectivity index (χ0) is 13.1. The molecule has 0 saturated heterocycles. The van der Waals surface area contributed by atoms with Gasteiger partial charge in [0.1, 0.15) is 0 Å². The summed E-state index contributed by atoms with van der Waals surface area (Å²) in [5, 5.41) is 6.44. The van der Waals surface area contributed by atoms with E-state index in [2.05, 4.69) is 31.4 Å². The Bertz CT molecular complexity index is 580. The van der Waals surface area contributed by atoms with Crippen LogP contribution >= 0.6 is 15.9 Å². The van der Waals surface area contributed by atoms with Crippen molar-refractivity contribution in [3.8, 4) is 0 Å². The molecule has 0 bridgehead atoms. The van der Waals surface area contributed by atoms with Crippen molar-refractivity contribution in [1.82, 2.24) is 15.5 Å². The summed E-state index contributed by atoms with van der Waals surface area (Å²) in [5.41, 5.74) is 1.67. The smallest absolute Gasteiger partial charge is 0.252 e. The second-order valence-corrected chi connectivity index (χ2v) is 4.75. The fourth-order valence-electron chi connectivity index (χ4n) is 1.47. The third-order valence-electron chi connectivity index (χ3n) is 2.35. The van der Waals surface area contributed by atoms with Crippen LogP contribution in [0.3, 0.4) is 0 Å². The molecule has 0 aliphatic rings. The van der Waals surface area contributed by atoms with Gasteiger partial charge in [-0.25, -0.2) is 0 Å². The molecule has 2 rings (SSSR count). The molecular formula is C12H12BrN3O2. The highest BCUT2D eigenvalue weighted by Gasteiger charge is 2.11. The number of nitrogens with zero attached hydrogens (tertiary/aromatic N) is 2. The molecule has 1 heterocycles. The Kier molecular flexibility index (Phi) is 3.76. The molecule has 1 amide bonds. The lowest BCUT2D eigenvalue weighted by molar-refractivity contribution is 0.0949. The average molecular weight is 310 g/mol. The number of halogens is 1. The van der Waals surface area contributed by atoms with E-state index in [0.717, 1.165) is 10.0 Å². The first kappa shape index (κ1) is 12.8. The van der Waals surface area contributed by atoms with Crippen molar-refractivity contribution < 1.29 is 9.32 Å². The van der Waals surface area contributed by atoms with Crippen LogP contribution in [-0.4, -0.2) is 16.0 Å². The van der Waals surface area contributed by atoms with Gasteiger partial charge in [0.2, 0.25) is 5.89 Å². The highest BCUT2D eigenvalue weighted by molar-refractivity contribution is 9.10. The fourth-order valence-corrected chi connectivity index (χ4v) is 2.15. The number of nitrogens with one attached hydrogen (secondary N) is 1. The predicted molar refractivity (Wildman–Crippen MR) is 69.1 cm³/mol. The number of aromatic nitrogens is 2. The van der Waals surface area contributed by atoms with Gasteiger partial charge in [0.05, 0.1) is 12.1 Å². The Morgan fingerprint density at radius 2 is 2.22 bits per heavy atom. The summed E-state index contributed by atoms with van der Waals surface area (Å²) in [4.78, 5) is 15.9. The van der Waals surface area contributed by atoms with Gasteiger partial charge in [-0.3, -0.25) is 4.79 Å². The summed E-state index contributed by atoms with van der Waals surface area (Å²) >= 11 is 3.37. The summed E-state index contributed by atoms with van der Waals surface area (Å²) in [6.07, 6.45) is 0. The molecule has 1 N–H and O–H groups in total. The molecule has 5 nitrogen and oxygen atoms in total. The molecule has 0 unspecified atom stereocenters. The molecule has 0 spiro atoms. The van der Waals surface area contributed by atoms with Gasteiger partial charge in [0.15, 0.2) is 5.82 Å². The van der Waals surface area contributed by atoms with Crippen LogP contribution in [-0.2, 0) is 6.54 Å². The third kappa shape index (κ3) is 2.95. The van der Waals surface area contributed by atoms with E-state index >= 15 is 0 Å². The first-order chi connectivity index (χ1) is 8.56. The molecule has 0 radical (unpaired) electrons. The Balaban J connectivity index is 2.03. The van der Waals surface area contributed by atoms with E-state index in [0.29, 0.717) is 17.3 Å². The lowest BCUT2D eigenvalue weighted by Gasteiger charge is -2.05. The van der Waals surface area contributed by atoms with Crippen LogP contribution in [0.15, 0.2) is 27.2 Å². The summed E-state index contributed by atoms with van der Waals surface area (Å²) in [6, 6.07) is 5.56. The molecular weight excluding hydrogens is 298 g/mol. The largest absolute Gasteiger partial charge is 0.345 e. The summed E-state index contributed by atoms with van der Waals surface area (Å²) in [7, 11) is 0. The molecule has 0 aliphatic carbocycles. The van der Waals surface area contributed by atoms with Crippen LogP contribution in [0.2, 0.25) is 0 Å². The molecule has 0 aliphatic heterocycles.